The summed E-state index contributed by atoms with van der Waals surface area (Å²) in [6.07, 6.45) is 1.03. The topological polar surface area (TPSA) is 47.3 Å². The Morgan fingerprint density at radius 2 is 2.46 bits per heavy atom. The van der Waals surface area contributed by atoms with Gasteiger partial charge in [-0.3, -0.25) is 0 Å². The lowest BCUT2D eigenvalue weighted by Crippen LogP contribution is -2.16. The predicted molar refractivity (Wildman–Crippen MR) is 56.2 cm³/mol. The van der Waals surface area contributed by atoms with Crippen LogP contribution >= 0.6 is 11.3 Å². The molecule has 0 unspecified atom stereocenters. The highest BCUT2D eigenvalue weighted by molar-refractivity contribution is 7.10. The van der Waals surface area contributed by atoms with Gasteiger partial charge in [0.05, 0.1) is 7.11 Å². The first-order valence-electron chi connectivity index (χ1n) is 4.39. The molecule has 0 spiro atoms. The Hall–Kier alpha value is -0.580. The molecule has 0 saturated heterocycles. The third-order valence-electron chi connectivity index (χ3n) is 1.72. The Bertz CT molecular complexity index is 237. The highest BCUT2D eigenvalue weighted by Gasteiger charge is 1.97. The number of ether oxygens (including phenoxy) is 1. The van der Waals surface area contributed by atoms with Crippen LogP contribution in [0.25, 0.3) is 0 Å². The lowest BCUT2D eigenvalue weighted by Gasteiger charge is -2.00. The fraction of sp³-hybridized carbons (Fsp3) is 0.556. The summed E-state index contributed by atoms with van der Waals surface area (Å²) in [5.74, 6) is 0.945. The second-order valence-corrected chi connectivity index (χ2v) is 3.77. The first-order valence-corrected chi connectivity index (χ1v) is 5.27. The van der Waals surface area contributed by atoms with E-state index < -0.39 is 0 Å². The van der Waals surface area contributed by atoms with E-state index in [1.807, 2.05) is 5.38 Å². The first kappa shape index (κ1) is 10.5. The minimum absolute atomic E-state index is 0.751. The van der Waals surface area contributed by atoms with Crippen molar-refractivity contribution in [3.63, 3.8) is 0 Å². The van der Waals surface area contributed by atoms with Gasteiger partial charge in [-0.2, -0.15) is 0 Å². The average Bonchev–Trinajstić information content (AvgIpc) is 2.60. The smallest absolute Gasteiger partial charge is 0.129 e. The van der Waals surface area contributed by atoms with Gasteiger partial charge in [0.2, 0.25) is 0 Å². The van der Waals surface area contributed by atoms with Crippen molar-refractivity contribution in [1.29, 1.82) is 0 Å². The van der Waals surface area contributed by atoms with Crippen molar-refractivity contribution in [2.24, 2.45) is 5.73 Å². The van der Waals surface area contributed by atoms with Gasteiger partial charge in [-0.05, 0) is 25.6 Å². The van der Waals surface area contributed by atoms with E-state index in [4.69, 9.17) is 10.5 Å². The monoisotopic (exact) mass is 200 g/mol. The molecule has 1 rings (SSSR count). The van der Waals surface area contributed by atoms with Gasteiger partial charge in [-0.15, -0.1) is 11.3 Å². The Morgan fingerprint density at radius 1 is 1.62 bits per heavy atom. The maximum atomic E-state index is 5.38. The summed E-state index contributed by atoms with van der Waals surface area (Å²) in [7, 11) is 1.69. The lowest BCUT2D eigenvalue weighted by molar-refractivity contribution is 0.416. The molecule has 13 heavy (non-hydrogen) atoms. The summed E-state index contributed by atoms with van der Waals surface area (Å²) in [4.78, 5) is 1.30. The van der Waals surface area contributed by atoms with Crippen molar-refractivity contribution in [1.82, 2.24) is 5.32 Å². The van der Waals surface area contributed by atoms with Gasteiger partial charge in [-0.1, -0.05) is 0 Å². The number of methoxy groups -OCH3 is 1. The quantitative estimate of drug-likeness (QED) is 0.678. The number of hydrogen-bond donors (Lipinski definition) is 2. The fourth-order valence-corrected chi connectivity index (χ4v) is 1.80. The molecule has 74 valence electrons. The molecule has 0 aliphatic rings. The predicted octanol–water partition coefficient (Wildman–Crippen LogP) is 1.20. The maximum Gasteiger partial charge on any atom is 0.129 e. The van der Waals surface area contributed by atoms with Gasteiger partial charge in [0.15, 0.2) is 0 Å². The molecule has 0 fully saturated rings. The summed E-state index contributed by atoms with van der Waals surface area (Å²) in [5, 5.41) is 5.33. The van der Waals surface area contributed by atoms with Crippen molar-refractivity contribution >= 4 is 11.3 Å². The second-order valence-electron chi connectivity index (χ2n) is 2.77. The van der Waals surface area contributed by atoms with Crippen LogP contribution < -0.4 is 15.8 Å². The van der Waals surface area contributed by atoms with E-state index in [1.165, 1.54) is 4.88 Å². The van der Waals surface area contributed by atoms with Crippen molar-refractivity contribution in [3.8, 4) is 5.75 Å². The van der Waals surface area contributed by atoms with E-state index in [-0.39, 0.29) is 0 Å². The maximum absolute atomic E-state index is 5.38. The zero-order valence-corrected chi connectivity index (χ0v) is 8.69. The van der Waals surface area contributed by atoms with Crippen molar-refractivity contribution in [3.05, 3.63) is 16.3 Å². The van der Waals surface area contributed by atoms with Crippen molar-refractivity contribution in [2.75, 3.05) is 20.2 Å². The van der Waals surface area contributed by atoms with Crippen LogP contribution in [-0.4, -0.2) is 20.2 Å². The molecule has 0 aromatic carbocycles. The molecule has 4 heteroatoms. The van der Waals surface area contributed by atoms with Gasteiger partial charge < -0.3 is 15.8 Å². The van der Waals surface area contributed by atoms with E-state index in [0.29, 0.717) is 0 Å². The van der Waals surface area contributed by atoms with E-state index in [1.54, 1.807) is 18.4 Å². The minimum atomic E-state index is 0.751. The number of nitrogens with one attached hydrogen (secondary N) is 1. The van der Waals surface area contributed by atoms with Crippen LogP contribution in [0.4, 0.5) is 0 Å². The largest absolute Gasteiger partial charge is 0.496 e. The summed E-state index contributed by atoms with van der Waals surface area (Å²) in [6, 6.07) is 2.06. The zero-order valence-electron chi connectivity index (χ0n) is 7.88. The van der Waals surface area contributed by atoms with Gasteiger partial charge in [0, 0.05) is 16.8 Å². The molecule has 3 nitrogen and oxygen atoms in total. The molecule has 0 atom stereocenters. The molecule has 1 aromatic heterocycles. The van der Waals surface area contributed by atoms with Crippen LogP contribution in [0, 0.1) is 0 Å². The lowest BCUT2D eigenvalue weighted by atomic mass is 10.4. The Morgan fingerprint density at radius 3 is 3.08 bits per heavy atom. The molecule has 0 amide bonds. The van der Waals surface area contributed by atoms with E-state index >= 15 is 0 Å². The van der Waals surface area contributed by atoms with Crippen molar-refractivity contribution in [2.45, 2.75) is 13.0 Å². The number of hydrogen-bond acceptors (Lipinski definition) is 4. The van der Waals surface area contributed by atoms with Gasteiger partial charge >= 0.3 is 0 Å². The third-order valence-corrected chi connectivity index (χ3v) is 2.64. The summed E-state index contributed by atoms with van der Waals surface area (Å²) in [6.45, 7) is 2.64. The molecule has 1 heterocycles. The Kier molecular flexibility index (Phi) is 4.82. The number of thiophene rings is 1. The molecule has 3 N–H and O–H groups in total. The normalized spacial score (nSPS) is 10.3. The summed E-state index contributed by atoms with van der Waals surface area (Å²) < 4.78 is 5.08. The zero-order chi connectivity index (χ0) is 9.52. The SMILES string of the molecule is COc1csc(CNCCCN)c1. The van der Waals surface area contributed by atoms with E-state index in [0.717, 1.165) is 31.8 Å². The molecule has 1 aromatic rings. The van der Waals surface area contributed by atoms with E-state index in [2.05, 4.69) is 11.4 Å². The Balaban J connectivity index is 2.20. The Labute approximate surface area is 82.9 Å². The van der Waals surface area contributed by atoms with Crippen LogP contribution in [-0.2, 0) is 6.54 Å². The molecule has 0 aliphatic carbocycles. The van der Waals surface area contributed by atoms with Crippen LogP contribution in [0.3, 0.4) is 0 Å². The number of rotatable bonds is 6. The first-order chi connectivity index (χ1) is 6.36. The fourth-order valence-electron chi connectivity index (χ4n) is 0.999. The van der Waals surface area contributed by atoms with E-state index in [9.17, 15) is 0 Å². The molecule has 0 bridgehead atoms. The number of nitrogens with two attached hydrogens (primary N) is 1. The molecule has 0 aliphatic heterocycles. The van der Waals surface area contributed by atoms with Crippen LogP contribution in [0.5, 0.6) is 5.75 Å². The van der Waals surface area contributed by atoms with Crippen LogP contribution in [0.1, 0.15) is 11.3 Å². The molecule has 0 radical (unpaired) electrons. The van der Waals surface area contributed by atoms with Gasteiger partial charge in [0.25, 0.3) is 0 Å². The molecule has 0 saturated carbocycles. The summed E-state index contributed by atoms with van der Waals surface area (Å²) >= 11 is 1.71. The third kappa shape index (κ3) is 3.76. The summed E-state index contributed by atoms with van der Waals surface area (Å²) in [5.41, 5.74) is 5.38. The molecular weight excluding hydrogens is 184 g/mol. The molecular formula is C9H16N2OS. The van der Waals surface area contributed by atoms with Crippen LogP contribution in [0.15, 0.2) is 11.4 Å². The minimum Gasteiger partial charge on any atom is -0.496 e. The second kappa shape index (κ2) is 5.96. The van der Waals surface area contributed by atoms with Gasteiger partial charge in [0.1, 0.15) is 5.75 Å². The highest BCUT2D eigenvalue weighted by Crippen LogP contribution is 2.20. The highest BCUT2D eigenvalue weighted by atomic mass is 32.1. The average molecular weight is 200 g/mol. The standard InChI is InChI=1S/C9H16N2OS/c1-12-8-5-9(13-7-8)6-11-4-2-3-10/h5,7,11H,2-4,6,10H2,1H3. The van der Waals surface area contributed by atoms with Crippen molar-refractivity contribution < 1.29 is 4.74 Å². The van der Waals surface area contributed by atoms with Gasteiger partial charge in [-0.25, -0.2) is 0 Å². The van der Waals surface area contributed by atoms with Crippen LogP contribution in [0.2, 0.25) is 0 Å².